The average molecular weight is 508 g/mol. The SMILES string of the molecule is C=CC(=O)Cc1cccc(C)c1Nc1ncc2cc(-c3c(Cl)c(OC)cc(OC)c3Cl)ccc2n1. The van der Waals surface area contributed by atoms with Crippen molar-refractivity contribution in [2.45, 2.75) is 13.3 Å². The van der Waals surface area contributed by atoms with Crippen LogP contribution in [0.1, 0.15) is 11.1 Å². The highest BCUT2D eigenvalue weighted by atomic mass is 35.5. The van der Waals surface area contributed by atoms with E-state index in [1.54, 1.807) is 12.3 Å². The smallest absolute Gasteiger partial charge is 0.227 e. The molecule has 0 aliphatic heterocycles. The number of nitrogens with one attached hydrogen (secondary N) is 1. The minimum absolute atomic E-state index is 0.0582. The molecule has 1 heterocycles. The van der Waals surface area contributed by atoms with Gasteiger partial charge in [0.05, 0.1) is 29.8 Å². The summed E-state index contributed by atoms with van der Waals surface area (Å²) in [4.78, 5) is 21.1. The maximum absolute atomic E-state index is 11.9. The number of para-hydroxylation sites is 1. The van der Waals surface area contributed by atoms with Crippen molar-refractivity contribution < 1.29 is 14.3 Å². The van der Waals surface area contributed by atoms with Gasteiger partial charge in [0, 0.05) is 35.3 Å². The number of rotatable bonds is 8. The van der Waals surface area contributed by atoms with E-state index >= 15 is 0 Å². The van der Waals surface area contributed by atoms with Gasteiger partial charge in [0.2, 0.25) is 5.95 Å². The molecular formula is C27H23Cl2N3O3. The Morgan fingerprint density at radius 1 is 1.09 bits per heavy atom. The summed E-state index contributed by atoms with van der Waals surface area (Å²) in [6, 6.07) is 13.1. The first-order chi connectivity index (χ1) is 16.9. The fraction of sp³-hybridized carbons (Fsp3) is 0.148. The summed E-state index contributed by atoms with van der Waals surface area (Å²) in [7, 11) is 3.07. The van der Waals surface area contributed by atoms with Crippen LogP contribution < -0.4 is 14.8 Å². The first-order valence-electron chi connectivity index (χ1n) is 10.7. The number of benzene rings is 3. The highest BCUT2D eigenvalue weighted by Gasteiger charge is 2.19. The first-order valence-corrected chi connectivity index (χ1v) is 11.5. The van der Waals surface area contributed by atoms with Crippen molar-refractivity contribution in [2.24, 2.45) is 0 Å². The van der Waals surface area contributed by atoms with Gasteiger partial charge in [0.25, 0.3) is 0 Å². The lowest BCUT2D eigenvalue weighted by Gasteiger charge is -2.15. The molecule has 4 aromatic rings. The van der Waals surface area contributed by atoms with Crippen molar-refractivity contribution >= 4 is 51.5 Å². The lowest BCUT2D eigenvalue weighted by atomic mass is 10.0. The van der Waals surface area contributed by atoms with Crippen molar-refractivity contribution in [3.05, 3.63) is 82.5 Å². The molecule has 0 spiro atoms. The summed E-state index contributed by atoms with van der Waals surface area (Å²) < 4.78 is 10.8. The largest absolute Gasteiger partial charge is 0.495 e. The Bertz CT molecular complexity index is 1430. The van der Waals surface area contributed by atoms with Crippen LogP contribution in [0.25, 0.3) is 22.0 Å². The molecule has 0 radical (unpaired) electrons. The number of ketones is 1. The van der Waals surface area contributed by atoms with Crippen molar-refractivity contribution in [2.75, 3.05) is 19.5 Å². The standard InChI is InChI=1S/C27H23Cl2N3O3/c1-5-19(33)12-17-8-6-7-15(2)26(17)32-27-30-14-18-11-16(9-10-20(18)31-27)23-24(28)21(34-3)13-22(35-4)25(23)29/h5-11,13-14H,1,12H2,2-4H3,(H,30,31,32). The number of hydrogen-bond acceptors (Lipinski definition) is 6. The zero-order chi connectivity index (χ0) is 25.1. The molecule has 0 aliphatic carbocycles. The molecule has 0 bridgehead atoms. The van der Waals surface area contributed by atoms with Gasteiger partial charge in [-0.25, -0.2) is 9.97 Å². The van der Waals surface area contributed by atoms with E-state index in [4.69, 9.17) is 32.7 Å². The number of fused-ring (bicyclic) bond motifs is 1. The minimum atomic E-state index is -0.0582. The lowest BCUT2D eigenvalue weighted by Crippen LogP contribution is -2.06. The van der Waals surface area contributed by atoms with Gasteiger partial charge >= 0.3 is 0 Å². The molecule has 0 saturated carbocycles. The summed E-state index contributed by atoms with van der Waals surface area (Å²) >= 11 is 13.2. The van der Waals surface area contributed by atoms with Crippen LogP contribution in [0.5, 0.6) is 11.5 Å². The van der Waals surface area contributed by atoms with Crippen LogP contribution >= 0.6 is 23.2 Å². The number of allylic oxidation sites excluding steroid dienone is 1. The van der Waals surface area contributed by atoms with Crippen LogP contribution in [0, 0.1) is 6.92 Å². The van der Waals surface area contributed by atoms with E-state index in [0.29, 0.717) is 33.1 Å². The van der Waals surface area contributed by atoms with Crippen LogP contribution in [0.2, 0.25) is 10.0 Å². The second-order valence-electron chi connectivity index (χ2n) is 7.83. The van der Waals surface area contributed by atoms with Gasteiger partial charge in [-0.05, 0) is 41.8 Å². The molecule has 6 nitrogen and oxygen atoms in total. The van der Waals surface area contributed by atoms with Crippen molar-refractivity contribution in [1.82, 2.24) is 9.97 Å². The Morgan fingerprint density at radius 2 is 1.80 bits per heavy atom. The van der Waals surface area contributed by atoms with Crippen LogP contribution in [0.3, 0.4) is 0 Å². The number of aromatic nitrogens is 2. The molecule has 1 N–H and O–H groups in total. The van der Waals surface area contributed by atoms with E-state index in [2.05, 4.69) is 21.9 Å². The summed E-state index contributed by atoms with van der Waals surface area (Å²) in [5.41, 5.74) is 4.74. The number of carbonyl (C=O) groups is 1. The van der Waals surface area contributed by atoms with Crippen molar-refractivity contribution in [1.29, 1.82) is 0 Å². The van der Waals surface area contributed by atoms with Crippen molar-refractivity contribution in [3.63, 3.8) is 0 Å². The van der Waals surface area contributed by atoms with Crippen LogP contribution in [-0.4, -0.2) is 30.0 Å². The summed E-state index contributed by atoms with van der Waals surface area (Å²) in [5, 5.41) is 4.85. The molecule has 3 aromatic carbocycles. The van der Waals surface area contributed by atoms with Gasteiger partial charge in [-0.3, -0.25) is 4.79 Å². The Balaban J connectivity index is 1.72. The molecule has 0 amide bonds. The number of anilines is 2. The molecule has 0 aliphatic rings. The van der Waals surface area contributed by atoms with Crippen LogP contribution in [-0.2, 0) is 11.2 Å². The number of ether oxygens (including phenoxy) is 2. The number of methoxy groups -OCH3 is 2. The molecule has 8 heteroatoms. The average Bonchev–Trinajstić information content (AvgIpc) is 2.86. The zero-order valence-electron chi connectivity index (χ0n) is 19.5. The Kier molecular flexibility index (Phi) is 7.24. The van der Waals surface area contributed by atoms with Gasteiger partial charge in [0.1, 0.15) is 11.5 Å². The maximum Gasteiger partial charge on any atom is 0.227 e. The third-order valence-electron chi connectivity index (χ3n) is 5.63. The maximum atomic E-state index is 11.9. The van der Waals surface area contributed by atoms with Gasteiger partial charge in [-0.1, -0.05) is 54.0 Å². The fourth-order valence-electron chi connectivity index (χ4n) is 3.81. The third-order valence-corrected chi connectivity index (χ3v) is 6.38. The third kappa shape index (κ3) is 4.94. The molecule has 178 valence electrons. The van der Waals surface area contributed by atoms with Gasteiger partial charge in [-0.15, -0.1) is 0 Å². The second kappa shape index (κ2) is 10.3. The molecule has 0 atom stereocenters. The van der Waals surface area contributed by atoms with Crippen molar-refractivity contribution in [3.8, 4) is 22.6 Å². The highest BCUT2D eigenvalue weighted by molar-refractivity contribution is 6.41. The summed E-state index contributed by atoms with van der Waals surface area (Å²) in [6.45, 7) is 5.53. The molecule has 1 aromatic heterocycles. The number of carbonyl (C=O) groups excluding carboxylic acids is 1. The number of halogens is 2. The van der Waals surface area contributed by atoms with E-state index in [1.807, 2.05) is 43.3 Å². The number of aryl methyl sites for hydroxylation is 1. The zero-order valence-corrected chi connectivity index (χ0v) is 21.0. The topological polar surface area (TPSA) is 73.3 Å². The summed E-state index contributed by atoms with van der Waals surface area (Å²) in [5.74, 6) is 1.29. The number of hydrogen-bond donors (Lipinski definition) is 1. The van der Waals surface area contributed by atoms with Gasteiger partial charge < -0.3 is 14.8 Å². The highest BCUT2D eigenvalue weighted by Crippen LogP contribution is 2.46. The van der Waals surface area contributed by atoms with E-state index in [0.717, 1.165) is 33.3 Å². The molecule has 0 saturated heterocycles. The molecule has 0 unspecified atom stereocenters. The van der Waals surface area contributed by atoms with E-state index in [1.165, 1.54) is 20.3 Å². The minimum Gasteiger partial charge on any atom is -0.495 e. The molecule has 4 rings (SSSR count). The van der Waals surface area contributed by atoms with E-state index in [-0.39, 0.29) is 12.2 Å². The monoisotopic (exact) mass is 507 g/mol. The van der Waals surface area contributed by atoms with E-state index < -0.39 is 0 Å². The predicted molar refractivity (Wildman–Crippen MR) is 141 cm³/mol. The molecule has 35 heavy (non-hydrogen) atoms. The first kappa shape index (κ1) is 24.5. The normalized spacial score (nSPS) is 10.8. The Hall–Kier alpha value is -3.61. The molecule has 0 fully saturated rings. The predicted octanol–water partition coefficient (Wildman–Crippen LogP) is 6.97. The molecular weight excluding hydrogens is 485 g/mol. The summed E-state index contributed by atoms with van der Waals surface area (Å²) in [6.07, 6.45) is 3.29. The Morgan fingerprint density at radius 3 is 2.46 bits per heavy atom. The van der Waals surface area contributed by atoms with Crippen LogP contribution in [0.4, 0.5) is 11.6 Å². The van der Waals surface area contributed by atoms with Gasteiger partial charge in [0.15, 0.2) is 5.78 Å². The van der Waals surface area contributed by atoms with E-state index in [9.17, 15) is 4.79 Å². The fourth-order valence-corrected chi connectivity index (χ4v) is 4.53. The Labute approximate surface area is 213 Å². The quantitative estimate of drug-likeness (QED) is 0.259. The van der Waals surface area contributed by atoms with Gasteiger partial charge in [-0.2, -0.15) is 0 Å². The van der Waals surface area contributed by atoms with Crippen LogP contribution in [0.15, 0.2) is 61.3 Å². The second-order valence-corrected chi connectivity index (χ2v) is 8.59. The number of nitrogens with zero attached hydrogens (tertiary/aromatic N) is 2. The lowest BCUT2D eigenvalue weighted by molar-refractivity contribution is -0.114.